The summed E-state index contributed by atoms with van der Waals surface area (Å²) in [7, 11) is 0. The Hall–Kier alpha value is -2.00. The molecule has 104 valence electrons. The summed E-state index contributed by atoms with van der Waals surface area (Å²) in [6.45, 7) is 2.06. The highest BCUT2D eigenvalue weighted by Gasteiger charge is 2.24. The normalized spacial score (nSPS) is 11.7. The molecule has 0 aliphatic carbocycles. The van der Waals surface area contributed by atoms with E-state index in [9.17, 15) is 4.79 Å². The Morgan fingerprint density at radius 2 is 1.75 bits per heavy atom. The summed E-state index contributed by atoms with van der Waals surface area (Å²) in [5, 5.41) is 0.456. The first-order chi connectivity index (χ1) is 9.72. The van der Waals surface area contributed by atoms with Gasteiger partial charge in [0.1, 0.15) is 5.75 Å². The summed E-state index contributed by atoms with van der Waals surface area (Å²) >= 11 is 6.06. The zero-order valence-corrected chi connectivity index (χ0v) is 11.8. The molecule has 0 radical (unpaired) electrons. The van der Waals surface area contributed by atoms with Crippen molar-refractivity contribution >= 4 is 17.6 Å². The number of carbonyl (C=O) groups is 1. The lowest BCUT2D eigenvalue weighted by atomic mass is 10.1. The van der Waals surface area contributed by atoms with Crippen molar-refractivity contribution in [1.82, 2.24) is 0 Å². The zero-order valence-electron chi connectivity index (χ0n) is 11.1. The lowest BCUT2D eigenvalue weighted by Gasteiger charge is -2.18. The summed E-state index contributed by atoms with van der Waals surface area (Å²) in [5.41, 5.74) is 0.728. The van der Waals surface area contributed by atoms with Crippen LogP contribution in [0.3, 0.4) is 0 Å². The average Bonchev–Trinajstić information content (AvgIpc) is 2.47. The van der Waals surface area contributed by atoms with E-state index in [2.05, 4.69) is 0 Å². The number of hydrogen-bond donors (Lipinski definition) is 0. The second kappa shape index (κ2) is 6.96. The van der Waals surface area contributed by atoms with Gasteiger partial charge >= 0.3 is 5.97 Å². The maximum atomic E-state index is 12.1. The summed E-state index contributed by atoms with van der Waals surface area (Å²) in [5.74, 6) is 0.0229. The molecule has 3 nitrogen and oxygen atoms in total. The maximum Gasteiger partial charge on any atom is 0.352 e. The number of ether oxygens (including phenoxy) is 2. The average molecular weight is 291 g/mol. The third kappa shape index (κ3) is 3.52. The van der Waals surface area contributed by atoms with Crippen molar-refractivity contribution in [2.75, 3.05) is 6.61 Å². The topological polar surface area (TPSA) is 35.5 Å². The first kappa shape index (κ1) is 14.4. The predicted molar refractivity (Wildman–Crippen MR) is 77.9 cm³/mol. The smallest absolute Gasteiger partial charge is 0.352 e. The molecule has 0 fully saturated rings. The van der Waals surface area contributed by atoms with Crippen molar-refractivity contribution in [3.63, 3.8) is 0 Å². The molecule has 20 heavy (non-hydrogen) atoms. The molecular formula is C16H15ClO3. The molecule has 0 aliphatic rings. The molecule has 0 N–H and O–H groups in total. The minimum atomic E-state index is -0.823. The Kier molecular flexibility index (Phi) is 5.02. The highest BCUT2D eigenvalue weighted by molar-refractivity contribution is 6.32. The monoisotopic (exact) mass is 290 g/mol. The highest BCUT2D eigenvalue weighted by atomic mass is 35.5. The molecule has 0 saturated heterocycles. The minimum Gasteiger partial charge on any atom is -0.472 e. The van der Waals surface area contributed by atoms with Gasteiger partial charge in [0, 0.05) is 5.56 Å². The molecule has 0 spiro atoms. The fraction of sp³-hybridized carbons (Fsp3) is 0.188. The quantitative estimate of drug-likeness (QED) is 0.780. The number of hydrogen-bond acceptors (Lipinski definition) is 3. The molecule has 0 amide bonds. The fourth-order valence-corrected chi connectivity index (χ4v) is 1.95. The second-order valence-corrected chi connectivity index (χ2v) is 4.50. The lowest BCUT2D eigenvalue weighted by molar-refractivity contribution is -0.151. The number of para-hydroxylation sites is 1. The van der Waals surface area contributed by atoms with Gasteiger partial charge in [-0.05, 0) is 19.1 Å². The zero-order chi connectivity index (χ0) is 14.4. The second-order valence-electron chi connectivity index (χ2n) is 4.09. The van der Waals surface area contributed by atoms with Crippen LogP contribution in [0.5, 0.6) is 5.75 Å². The minimum absolute atomic E-state index is 0.300. The van der Waals surface area contributed by atoms with Crippen LogP contribution in [0.15, 0.2) is 54.6 Å². The molecule has 0 aromatic heterocycles. The van der Waals surface area contributed by atoms with Crippen molar-refractivity contribution in [2.24, 2.45) is 0 Å². The van der Waals surface area contributed by atoms with Crippen LogP contribution in [-0.2, 0) is 9.53 Å². The summed E-state index contributed by atoms with van der Waals surface area (Å²) in [4.78, 5) is 12.1. The molecular weight excluding hydrogens is 276 g/mol. The van der Waals surface area contributed by atoms with E-state index in [0.29, 0.717) is 17.4 Å². The standard InChI is InChI=1S/C16H15ClO3/c1-2-19-16(18)15(12-8-4-3-5-9-12)20-14-11-7-6-10-13(14)17/h3-11,15H,2H2,1H3/t15-/m0/s1. The number of benzene rings is 2. The van der Waals surface area contributed by atoms with E-state index in [-0.39, 0.29) is 0 Å². The largest absolute Gasteiger partial charge is 0.472 e. The number of esters is 1. The van der Waals surface area contributed by atoms with E-state index in [1.54, 1.807) is 31.2 Å². The van der Waals surface area contributed by atoms with Gasteiger partial charge in [0.15, 0.2) is 0 Å². The van der Waals surface area contributed by atoms with Crippen molar-refractivity contribution in [2.45, 2.75) is 13.0 Å². The fourth-order valence-electron chi connectivity index (χ4n) is 1.77. The van der Waals surface area contributed by atoms with Crippen LogP contribution < -0.4 is 4.74 Å². The Bertz CT molecular complexity index is 569. The highest BCUT2D eigenvalue weighted by Crippen LogP contribution is 2.29. The SMILES string of the molecule is CCOC(=O)[C@@H](Oc1ccccc1Cl)c1ccccc1. The summed E-state index contributed by atoms with van der Waals surface area (Å²) in [6.07, 6.45) is -0.823. The first-order valence-electron chi connectivity index (χ1n) is 6.35. The maximum absolute atomic E-state index is 12.1. The van der Waals surface area contributed by atoms with Crippen LogP contribution in [0.25, 0.3) is 0 Å². The number of rotatable bonds is 5. The Morgan fingerprint density at radius 3 is 2.40 bits per heavy atom. The molecule has 0 unspecified atom stereocenters. The van der Waals surface area contributed by atoms with Crippen LogP contribution in [-0.4, -0.2) is 12.6 Å². The Labute approximate surface area is 123 Å². The van der Waals surface area contributed by atoms with Crippen LogP contribution in [0.2, 0.25) is 5.02 Å². The molecule has 0 aliphatic heterocycles. The van der Waals surface area contributed by atoms with Gasteiger partial charge in [0.05, 0.1) is 11.6 Å². The Morgan fingerprint density at radius 1 is 1.10 bits per heavy atom. The van der Waals surface area contributed by atoms with Crippen molar-refractivity contribution in [3.8, 4) is 5.75 Å². The van der Waals surface area contributed by atoms with Gasteiger partial charge in [-0.1, -0.05) is 54.1 Å². The molecule has 0 heterocycles. The third-order valence-electron chi connectivity index (χ3n) is 2.68. The van der Waals surface area contributed by atoms with Gasteiger partial charge in [-0.3, -0.25) is 0 Å². The molecule has 0 bridgehead atoms. The van der Waals surface area contributed by atoms with Gasteiger partial charge in [-0.25, -0.2) is 4.79 Å². The third-order valence-corrected chi connectivity index (χ3v) is 3.00. The van der Waals surface area contributed by atoms with Gasteiger partial charge in [0.2, 0.25) is 6.10 Å². The van der Waals surface area contributed by atoms with E-state index < -0.39 is 12.1 Å². The van der Waals surface area contributed by atoms with Crippen LogP contribution in [0, 0.1) is 0 Å². The summed E-state index contributed by atoms with van der Waals surface area (Å²) < 4.78 is 10.8. The molecule has 2 aromatic rings. The number of halogens is 1. The molecule has 2 rings (SSSR count). The van der Waals surface area contributed by atoms with Crippen LogP contribution >= 0.6 is 11.6 Å². The van der Waals surface area contributed by atoms with Crippen LogP contribution in [0.4, 0.5) is 0 Å². The van der Waals surface area contributed by atoms with E-state index in [1.165, 1.54) is 0 Å². The van der Waals surface area contributed by atoms with E-state index in [1.807, 2.05) is 30.3 Å². The van der Waals surface area contributed by atoms with Crippen molar-refractivity contribution in [3.05, 3.63) is 65.2 Å². The summed E-state index contributed by atoms with van der Waals surface area (Å²) in [6, 6.07) is 16.2. The first-order valence-corrected chi connectivity index (χ1v) is 6.73. The van der Waals surface area contributed by atoms with Crippen molar-refractivity contribution < 1.29 is 14.3 Å². The molecule has 0 saturated carbocycles. The van der Waals surface area contributed by atoms with Crippen LogP contribution in [0.1, 0.15) is 18.6 Å². The van der Waals surface area contributed by atoms with Gasteiger partial charge < -0.3 is 9.47 Å². The lowest BCUT2D eigenvalue weighted by Crippen LogP contribution is -2.21. The van der Waals surface area contributed by atoms with E-state index >= 15 is 0 Å². The van der Waals surface area contributed by atoms with Gasteiger partial charge in [-0.15, -0.1) is 0 Å². The Balaban J connectivity index is 2.28. The van der Waals surface area contributed by atoms with Gasteiger partial charge in [0.25, 0.3) is 0 Å². The van der Waals surface area contributed by atoms with E-state index in [0.717, 1.165) is 5.56 Å². The number of carbonyl (C=O) groups excluding carboxylic acids is 1. The molecule has 4 heteroatoms. The predicted octanol–water partition coefficient (Wildman–Crippen LogP) is 4.02. The molecule has 1 atom stereocenters. The van der Waals surface area contributed by atoms with Crippen molar-refractivity contribution in [1.29, 1.82) is 0 Å². The molecule has 2 aromatic carbocycles. The van der Waals surface area contributed by atoms with E-state index in [4.69, 9.17) is 21.1 Å². The van der Waals surface area contributed by atoms with Gasteiger partial charge in [-0.2, -0.15) is 0 Å².